The van der Waals surface area contributed by atoms with Crippen LogP contribution in [0.5, 0.6) is 0 Å². The molecule has 1 amide bonds. The molecule has 1 aromatic heterocycles. The number of aromatic nitrogens is 2. The molecule has 94 valence electrons. The van der Waals surface area contributed by atoms with E-state index in [9.17, 15) is 9.90 Å². The number of carbonyl (C=O) groups excluding carboxylic acids is 1. The Morgan fingerprint density at radius 1 is 1.71 bits per heavy atom. The second kappa shape index (κ2) is 4.87. The van der Waals surface area contributed by atoms with Crippen molar-refractivity contribution in [1.82, 2.24) is 15.1 Å². The van der Waals surface area contributed by atoms with E-state index in [1.807, 2.05) is 13.8 Å². The number of hydrogen-bond acceptors (Lipinski definition) is 3. The minimum atomic E-state index is -0.405. The molecule has 1 aliphatic rings. The molecule has 5 nitrogen and oxygen atoms in total. The summed E-state index contributed by atoms with van der Waals surface area (Å²) in [5.41, 5.74) is 1.40. The van der Waals surface area contributed by atoms with Crippen LogP contribution in [-0.2, 0) is 6.54 Å². The largest absolute Gasteiger partial charge is 0.391 e. The van der Waals surface area contributed by atoms with Crippen LogP contribution >= 0.6 is 0 Å². The van der Waals surface area contributed by atoms with E-state index in [2.05, 4.69) is 10.4 Å². The number of hydrogen-bond donors (Lipinski definition) is 2. The Balaban J connectivity index is 1.93. The van der Waals surface area contributed by atoms with Gasteiger partial charge in [-0.2, -0.15) is 5.10 Å². The highest BCUT2D eigenvalue weighted by Gasteiger charge is 2.29. The van der Waals surface area contributed by atoms with Crippen molar-refractivity contribution in [2.24, 2.45) is 5.92 Å². The Hall–Kier alpha value is -1.36. The van der Waals surface area contributed by atoms with E-state index in [-0.39, 0.29) is 5.91 Å². The zero-order valence-corrected chi connectivity index (χ0v) is 10.3. The van der Waals surface area contributed by atoms with Crippen molar-refractivity contribution in [3.05, 3.63) is 17.5 Å². The molecule has 1 unspecified atom stereocenters. The summed E-state index contributed by atoms with van der Waals surface area (Å²) in [7, 11) is 0. The van der Waals surface area contributed by atoms with Gasteiger partial charge in [0.2, 0.25) is 0 Å². The van der Waals surface area contributed by atoms with Gasteiger partial charge in [0.25, 0.3) is 5.91 Å². The van der Waals surface area contributed by atoms with Gasteiger partial charge >= 0.3 is 0 Å². The summed E-state index contributed by atoms with van der Waals surface area (Å²) >= 11 is 0. The van der Waals surface area contributed by atoms with Crippen molar-refractivity contribution in [2.75, 3.05) is 6.54 Å². The minimum absolute atomic E-state index is 0.160. The first-order valence-corrected chi connectivity index (χ1v) is 6.12. The van der Waals surface area contributed by atoms with Gasteiger partial charge in [0.05, 0.1) is 11.8 Å². The van der Waals surface area contributed by atoms with Crippen LogP contribution in [-0.4, -0.2) is 33.4 Å². The Morgan fingerprint density at radius 3 is 3.00 bits per heavy atom. The van der Waals surface area contributed by atoms with Gasteiger partial charge in [0.15, 0.2) is 0 Å². The maximum Gasteiger partial charge on any atom is 0.269 e. The molecule has 1 heterocycles. The molecule has 0 radical (unpaired) electrons. The van der Waals surface area contributed by atoms with Gasteiger partial charge in [0, 0.05) is 13.1 Å². The highest BCUT2D eigenvalue weighted by molar-refractivity contribution is 5.92. The number of aliphatic hydroxyl groups is 1. The van der Waals surface area contributed by atoms with Gasteiger partial charge in [-0.1, -0.05) is 0 Å². The first-order chi connectivity index (χ1) is 8.11. The highest BCUT2D eigenvalue weighted by atomic mass is 16.3. The summed E-state index contributed by atoms with van der Waals surface area (Å²) < 4.78 is 1.67. The molecule has 1 atom stereocenters. The van der Waals surface area contributed by atoms with Crippen molar-refractivity contribution < 1.29 is 9.90 Å². The second-order valence-corrected chi connectivity index (χ2v) is 4.60. The summed E-state index contributed by atoms with van der Waals surface area (Å²) in [5, 5.41) is 16.7. The van der Waals surface area contributed by atoms with Gasteiger partial charge in [-0.25, -0.2) is 0 Å². The molecular weight excluding hydrogens is 218 g/mol. The number of nitrogens with one attached hydrogen (secondary N) is 1. The fraction of sp³-hybridized carbons (Fsp3) is 0.667. The van der Waals surface area contributed by atoms with Crippen LogP contribution in [0.25, 0.3) is 0 Å². The lowest BCUT2D eigenvalue weighted by Gasteiger charge is -2.11. The third kappa shape index (κ3) is 2.85. The molecule has 1 aliphatic carbocycles. The normalized spacial score (nSPS) is 16.9. The van der Waals surface area contributed by atoms with Crippen molar-refractivity contribution in [2.45, 2.75) is 39.3 Å². The molecular formula is C12H19N3O2. The molecule has 1 aromatic rings. The zero-order chi connectivity index (χ0) is 12.4. The Kier molecular flexibility index (Phi) is 3.47. The second-order valence-electron chi connectivity index (χ2n) is 4.60. The topological polar surface area (TPSA) is 67.2 Å². The summed E-state index contributed by atoms with van der Waals surface area (Å²) in [6, 6.07) is 1.77. The summed E-state index contributed by atoms with van der Waals surface area (Å²) in [6.07, 6.45) is 1.74. The van der Waals surface area contributed by atoms with Gasteiger partial charge in [0.1, 0.15) is 5.69 Å². The van der Waals surface area contributed by atoms with Crippen LogP contribution in [0.2, 0.25) is 0 Å². The van der Waals surface area contributed by atoms with E-state index < -0.39 is 6.10 Å². The lowest BCUT2D eigenvalue weighted by Crippen LogP contribution is -2.34. The van der Waals surface area contributed by atoms with Gasteiger partial charge in [-0.15, -0.1) is 0 Å². The number of carbonyl (C=O) groups is 1. The summed E-state index contributed by atoms with van der Waals surface area (Å²) in [5.74, 6) is 0.222. The minimum Gasteiger partial charge on any atom is -0.391 e. The van der Waals surface area contributed by atoms with E-state index in [0.717, 1.165) is 18.5 Å². The summed E-state index contributed by atoms with van der Waals surface area (Å²) in [4.78, 5) is 11.9. The average molecular weight is 237 g/mol. The maximum absolute atomic E-state index is 11.9. The third-order valence-corrected chi connectivity index (χ3v) is 3.07. The predicted octanol–water partition coefficient (Wildman–Crippen LogP) is 0.712. The molecule has 0 bridgehead atoms. The molecule has 5 heteroatoms. The smallest absolute Gasteiger partial charge is 0.269 e. The number of aryl methyl sites for hydroxylation is 2. The van der Waals surface area contributed by atoms with E-state index in [4.69, 9.17) is 0 Å². The van der Waals surface area contributed by atoms with Gasteiger partial charge < -0.3 is 10.4 Å². The molecule has 0 aliphatic heterocycles. The van der Waals surface area contributed by atoms with Crippen molar-refractivity contribution in [3.8, 4) is 0 Å². The Labute approximate surface area is 101 Å². The monoisotopic (exact) mass is 237 g/mol. The van der Waals surface area contributed by atoms with E-state index >= 15 is 0 Å². The fourth-order valence-corrected chi connectivity index (χ4v) is 1.90. The quantitative estimate of drug-likeness (QED) is 0.792. The van der Waals surface area contributed by atoms with Crippen LogP contribution < -0.4 is 5.32 Å². The van der Waals surface area contributed by atoms with Crippen LogP contribution in [0.1, 0.15) is 35.9 Å². The zero-order valence-electron chi connectivity index (χ0n) is 10.3. The fourth-order valence-electron chi connectivity index (χ4n) is 1.90. The lowest BCUT2D eigenvalue weighted by atomic mass is 10.2. The molecule has 0 spiro atoms. The van der Waals surface area contributed by atoms with E-state index in [1.165, 1.54) is 0 Å². The highest BCUT2D eigenvalue weighted by Crippen LogP contribution is 2.32. The molecule has 2 rings (SSSR count). The Bertz CT molecular complexity index is 410. The molecule has 0 aromatic carbocycles. The molecule has 1 fully saturated rings. The van der Waals surface area contributed by atoms with Crippen molar-refractivity contribution >= 4 is 5.91 Å². The molecule has 0 saturated heterocycles. The number of rotatable bonds is 5. The summed E-state index contributed by atoms with van der Waals surface area (Å²) in [6.45, 7) is 4.81. The number of nitrogens with zero attached hydrogens (tertiary/aromatic N) is 2. The molecule has 1 saturated carbocycles. The van der Waals surface area contributed by atoms with Crippen molar-refractivity contribution in [3.63, 3.8) is 0 Å². The number of aliphatic hydroxyl groups excluding tert-OH is 1. The first kappa shape index (κ1) is 12.1. The standard InChI is InChI=1S/C12H19N3O2/c1-3-15-10(6-8(2)14-15)12(17)13-7-11(16)9-4-5-9/h6,9,11,16H,3-5,7H2,1-2H3,(H,13,17). The van der Waals surface area contributed by atoms with Crippen LogP contribution in [0.4, 0.5) is 0 Å². The first-order valence-electron chi connectivity index (χ1n) is 6.12. The molecule has 17 heavy (non-hydrogen) atoms. The Morgan fingerprint density at radius 2 is 2.41 bits per heavy atom. The van der Waals surface area contributed by atoms with Crippen LogP contribution in [0.3, 0.4) is 0 Å². The maximum atomic E-state index is 11.9. The van der Waals surface area contributed by atoms with Crippen molar-refractivity contribution in [1.29, 1.82) is 0 Å². The van der Waals surface area contributed by atoms with Crippen LogP contribution in [0.15, 0.2) is 6.07 Å². The average Bonchev–Trinajstić information content (AvgIpc) is 3.09. The van der Waals surface area contributed by atoms with Crippen LogP contribution in [0, 0.1) is 12.8 Å². The lowest BCUT2D eigenvalue weighted by molar-refractivity contribution is 0.0891. The number of amides is 1. The van der Waals surface area contributed by atoms with Gasteiger partial charge in [-0.3, -0.25) is 9.48 Å². The van der Waals surface area contributed by atoms with E-state index in [0.29, 0.717) is 24.7 Å². The SMILES string of the molecule is CCn1nc(C)cc1C(=O)NCC(O)C1CC1. The van der Waals surface area contributed by atoms with E-state index in [1.54, 1.807) is 10.7 Å². The third-order valence-electron chi connectivity index (χ3n) is 3.07. The molecule has 2 N–H and O–H groups in total. The van der Waals surface area contributed by atoms with Gasteiger partial charge in [-0.05, 0) is 38.7 Å². The predicted molar refractivity (Wildman–Crippen MR) is 63.7 cm³/mol.